The van der Waals surface area contributed by atoms with Crippen molar-refractivity contribution < 1.29 is 27.1 Å². The number of amides is 1. The Morgan fingerprint density at radius 1 is 1.33 bits per heavy atom. The summed E-state index contributed by atoms with van der Waals surface area (Å²) in [5, 5.41) is 2.88. The molecular formula is C20H18F4N4O2. The van der Waals surface area contributed by atoms with Crippen LogP contribution >= 0.6 is 0 Å². The van der Waals surface area contributed by atoms with E-state index >= 15 is 0 Å². The number of ether oxygens (including phenoxy) is 1. The molecule has 6 nitrogen and oxygen atoms in total. The molecule has 4 rings (SSSR count). The van der Waals surface area contributed by atoms with Gasteiger partial charge in [-0.15, -0.1) is 0 Å². The Morgan fingerprint density at radius 3 is 2.83 bits per heavy atom. The van der Waals surface area contributed by atoms with E-state index in [1.54, 1.807) is 19.1 Å². The van der Waals surface area contributed by atoms with Gasteiger partial charge >= 0.3 is 6.18 Å². The number of hydrogen-bond donors (Lipinski definition) is 2. The lowest BCUT2D eigenvalue weighted by atomic mass is 10.1. The van der Waals surface area contributed by atoms with Gasteiger partial charge in [-0.3, -0.25) is 4.79 Å². The number of nitrogens with one attached hydrogen (secondary N) is 2. The zero-order chi connectivity index (χ0) is 21.5. The van der Waals surface area contributed by atoms with Gasteiger partial charge in [-0.1, -0.05) is 6.07 Å². The van der Waals surface area contributed by atoms with Crippen LogP contribution in [0.3, 0.4) is 0 Å². The second-order valence-corrected chi connectivity index (χ2v) is 7.30. The van der Waals surface area contributed by atoms with Crippen LogP contribution in [0.25, 0.3) is 11.0 Å². The van der Waals surface area contributed by atoms with Gasteiger partial charge in [0.25, 0.3) is 0 Å². The molecule has 1 amide bonds. The number of nitrogens with zero attached hydrogens (tertiary/aromatic N) is 2. The first kappa shape index (κ1) is 20.1. The Kier molecular flexibility index (Phi) is 5.08. The number of imidazole rings is 1. The number of pyridine rings is 1. The molecule has 0 saturated heterocycles. The van der Waals surface area contributed by atoms with E-state index in [2.05, 4.69) is 25.0 Å². The minimum atomic E-state index is -4.43. The van der Waals surface area contributed by atoms with Crippen LogP contribution in [0.15, 0.2) is 36.5 Å². The topological polar surface area (TPSA) is 79.9 Å². The van der Waals surface area contributed by atoms with Crippen molar-refractivity contribution in [3.8, 4) is 5.88 Å². The molecule has 158 valence electrons. The summed E-state index contributed by atoms with van der Waals surface area (Å²) in [7, 11) is 0. The predicted molar refractivity (Wildman–Crippen MR) is 99.2 cm³/mol. The van der Waals surface area contributed by atoms with Crippen LogP contribution in [0.1, 0.15) is 36.7 Å². The maximum Gasteiger partial charge on any atom is 0.422 e. The molecule has 1 aliphatic rings. The fourth-order valence-corrected chi connectivity index (χ4v) is 3.26. The number of rotatable bonds is 6. The summed E-state index contributed by atoms with van der Waals surface area (Å²) in [6, 6.07) is 6.78. The normalized spacial score (nSPS) is 19.5. The molecule has 3 atom stereocenters. The van der Waals surface area contributed by atoms with Crippen molar-refractivity contribution in [1.29, 1.82) is 0 Å². The van der Waals surface area contributed by atoms with E-state index in [9.17, 15) is 22.4 Å². The summed E-state index contributed by atoms with van der Waals surface area (Å²) < 4.78 is 54.4. The van der Waals surface area contributed by atoms with Crippen LogP contribution in [0.2, 0.25) is 0 Å². The van der Waals surface area contributed by atoms with Gasteiger partial charge in [-0.25, -0.2) is 14.4 Å². The fraction of sp³-hybridized carbons (Fsp3) is 0.350. The van der Waals surface area contributed by atoms with Crippen LogP contribution < -0.4 is 10.1 Å². The Bertz CT molecular complexity index is 1060. The minimum Gasteiger partial charge on any atom is -0.468 e. The summed E-state index contributed by atoms with van der Waals surface area (Å²) >= 11 is 0. The van der Waals surface area contributed by atoms with Gasteiger partial charge in [0, 0.05) is 24.1 Å². The lowest BCUT2D eigenvalue weighted by Gasteiger charge is -2.15. The number of hydrogen-bond acceptors (Lipinski definition) is 4. The van der Waals surface area contributed by atoms with Crippen molar-refractivity contribution in [3.63, 3.8) is 0 Å². The molecule has 0 bridgehead atoms. The molecule has 2 heterocycles. The molecule has 2 N–H and O–H groups in total. The number of carbonyl (C=O) groups is 1. The largest absolute Gasteiger partial charge is 0.468 e. The predicted octanol–water partition coefficient (Wildman–Crippen LogP) is 4.02. The third-order valence-electron chi connectivity index (χ3n) is 4.94. The lowest BCUT2D eigenvalue weighted by Crippen LogP contribution is -2.28. The van der Waals surface area contributed by atoms with Crippen molar-refractivity contribution in [3.05, 3.63) is 53.7 Å². The van der Waals surface area contributed by atoms with Crippen molar-refractivity contribution in [2.24, 2.45) is 5.92 Å². The Morgan fingerprint density at radius 2 is 2.13 bits per heavy atom. The second kappa shape index (κ2) is 7.58. The highest BCUT2D eigenvalue weighted by atomic mass is 19.4. The number of alkyl halides is 3. The molecule has 1 fully saturated rings. The molecule has 1 aliphatic carbocycles. The van der Waals surface area contributed by atoms with Crippen LogP contribution in [-0.2, 0) is 4.79 Å². The van der Waals surface area contributed by atoms with Gasteiger partial charge < -0.3 is 15.0 Å². The van der Waals surface area contributed by atoms with Crippen molar-refractivity contribution in [1.82, 2.24) is 20.3 Å². The zero-order valence-electron chi connectivity index (χ0n) is 15.8. The lowest BCUT2D eigenvalue weighted by molar-refractivity contribution is -0.154. The molecule has 1 aromatic carbocycles. The first-order valence-corrected chi connectivity index (χ1v) is 9.30. The standard InChI is InChI=1S/C20H18F4N4O2/c1-10(11-2-5-17(25-8-11)30-9-20(22,23)24)26-19(29)14-7-13(14)18-27-15-4-3-12(21)6-16(15)28-18/h2-6,8,10,13-14H,7,9H2,1H3,(H,26,29)(H,27,28)/t10?,13-,14-/m0/s1. The number of aromatic nitrogens is 3. The number of halogens is 4. The maximum atomic E-state index is 13.3. The maximum absolute atomic E-state index is 13.3. The van der Waals surface area contributed by atoms with E-state index < -0.39 is 12.8 Å². The molecule has 3 aromatic rings. The SMILES string of the molecule is CC(NC(=O)[C@H]1C[C@@H]1c1nc2ccc(F)cc2[nH]1)c1ccc(OCC(F)(F)F)nc1. The average molecular weight is 422 g/mol. The Hall–Kier alpha value is -3.17. The van der Waals surface area contributed by atoms with Gasteiger partial charge in [0.1, 0.15) is 11.6 Å². The monoisotopic (exact) mass is 422 g/mol. The summed E-state index contributed by atoms with van der Waals surface area (Å²) in [6.45, 7) is 0.343. The van der Waals surface area contributed by atoms with Crippen LogP contribution in [0.4, 0.5) is 17.6 Å². The van der Waals surface area contributed by atoms with Crippen molar-refractivity contribution in [2.45, 2.75) is 31.5 Å². The Labute approximate surface area is 168 Å². The number of carbonyl (C=O) groups excluding carboxylic acids is 1. The molecule has 1 unspecified atom stereocenters. The third-order valence-corrected chi connectivity index (χ3v) is 4.94. The minimum absolute atomic E-state index is 0.0658. The van der Waals surface area contributed by atoms with Gasteiger partial charge in [-0.2, -0.15) is 13.2 Å². The molecule has 30 heavy (non-hydrogen) atoms. The summed E-state index contributed by atoms with van der Waals surface area (Å²) in [4.78, 5) is 23.9. The molecule has 0 spiro atoms. The molecule has 0 aliphatic heterocycles. The van der Waals surface area contributed by atoms with Crippen LogP contribution in [0.5, 0.6) is 5.88 Å². The fourth-order valence-electron chi connectivity index (χ4n) is 3.26. The molecular weight excluding hydrogens is 404 g/mol. The van der Waals surface area contributed by atoms with Crippen LogP contribution in [0, 0.1) is 11.7 Å². The third kappa shape index (κ3) is 4.52. The smallest absolute Gasteiger partial charge is 0.422 e. The van der Waals surface area contributed by atoms with Crippen molar-refractivity contribution >= 4 is 16.9 Å². The van der Waals surface area contributed by atoms with E-state index in [1.807, 2.05) is 0 Å². The first-order chi connectivity index (χ1) is 14.2. The molecule has 2 aromatic heterocycles. The quantitative estimate of drug-likeness (QED) is 0.588. The van der Waals surface area contributed by atoms with E-state index in [0.717, 1.165) is 0 Å². The second-order valence-electron chi connectivity index (χ2n) is 7.30. The van der Waals surface area contributed by atoms with Gasteiger partial charge in [-0.05, 0) is 37.1 Å². The van der Waals surface area contributed by atoms with E-state index in [0.29, 0.717) is 28.8 Å². The van der Waals surface area contributed by atoms with E-state index in [4.69, 9.17) is 0 Å². The van der Waals surface area contributed by atoms with Gasteiger partial charge in [0.05, 0.1) is 17.1 Å². The summed E-state index contributed by atoms with van der Waals surface area (Å²) in [5.74, 6) is -0.324. The highest BCUT2D eigenvalue weighted by Gasteiger charge is 2.46. The molecule has 1 saturated carbocycles. The molecule has 10 heteroatoms. The van der Waals surface area contributed by atoms with Crippen LogP contribution in [-0.4, -0.2) is 33.6 Å². The number of aromatic amines is 1. The van der Waals surface area contributed by atoms with Crippen molar-refractivity contribution in [2.75, 3.05) is 6.61 Å². The highest BCUT2D eigenvalue weighted by Crippen LogP contribution is 2.47. The Balaban J connectivity index is 1.33. The zero-order valence-corrected chi connectivity index (χ0v) is 15.8. The number of benzene rings is 1. The van der Waals surface area contributed by atoms with Gasteiger partial charge in [0.15, 0.2) is 6.61 Å². The molecule has 0 radical (unpaired) electrons. The number of H-pyrrole nitrogens is 1. The summed E-state index contributed by atoms with van der Waals surface area (Å²) in [6.07, 6.45) is -2.44. The first-order valence-electron chi connectivity index (χ1n) is 9.30. The average Bonchev–Trinajstić information content (AvgIpc) is 3.39. The van der Waals surface area contributed by atoms with E-state index in [-0.39, 0.29) is 35.5 Å². The summed E-state index contributed by atoms with van der Waals surface area (Å²) in [5.41, 5.74) is 1.87. The van der Waals surface area contributed by atoms with Gasteiger partial charge in [0.2, 0.25) is 11.8 Å². The highest BCUT2D eigenvalue weighted by molar-refractivity contribution is 5.83. The number of fused-ring (bicyclic) bond motifs is 1. The van der Waals surface area contributed by atoms with E-state index in [1.165, 1.54) is 24.4 Å².